The van der Waals surface area contributed by atoms with E-state index in [1.807, 2.05) is 0 Å². The van der Waals surface area contributed by atoms with Crippen LogP contribution >= 0.6 is 23.2 Å². The summed E-state index contributed by atoms with van der Waals surface area (Å²) in [6, 6.07) is 16.9. The molecule has 0 bridgehead atoms. The second-order valence-corrected chi connectivity index (χ2v) is 15.3. The maximum atomic E-state index is 13.9. The van der Waals surface area contributed by atoms with Crippen LogP contribution in [0.4, 0.5) is 43.4 Å². The van der Waals surface area contributed by atoms with Gasteiger partial charge in [0.15, 0.2) is 0 Å². The van der Waals surface area contributed by atoms with Gasteiger partial charge in [0.1, 0.15) is 81.6 Å². The van der Waals surface area contributed by atoms with E-state index in [4.69, 9.17) is 28.9 Å². The average molecular weight is 870 g/mol. The standard InChI is InChI=1S/C22H18ClFN6O3.C18H14ClFN6O2/c1-22(12-3-2-4-13(24)7-12)29-20(32)18-14(23)8-15(21(33)30(18)22)27-16-9-17(26-10-25-16)28-19(31)11-5-6-11;1-18(9-3-2-4-10(20)5-9)25-16(27)15-11(19)6-12(17(28)26(15)18)24-14-7-13(21)22-8-23-14/h2-4,7-11H,5-6H2,1H3,(H,29,32)(H2,25,26,27,28,31);2-8H,1H3,(H,25,27)(H3,21,22,23,24). The van der Waals surface area contributed by atoms with Crippen LogP contribution in [0.25, 0.3) is 0 Å². The molecule has 2 aliphatic heterocycles. The number of carbonyl (C=O) groups excluding carboxylic acids is 3. The van der Waals surface area contributed by atoms with Gasteiger partial charge in [0, 0.05) is 29.2 Å². The molecule has 0 radical (unpaired) electrons. The van der Waals surface area contributed by atoms with Gasteiger partial charge in [-0.1, -0.05) is 47.5 Å². The number of amides is 3. The molecule has 1 fully saturated rings. The molecule has 7 N–H and O–H groups in total. The fourth-order valence-corrected chi connectivity index (χ4v) is 7.62. The number of nitrogens with one attached hydrogen (secondary N) is 5. The Balaban J connectivity index is 0.000000171. The Bertz CT molecular complexity index is 2950. The number of fused-ring (bicyclic) bond motifs is 2. The molecule has 2 unspecified atom stereocenters. The molecule has 9 rings (SSSR count). The van der Waals surface area contributed by atoms with Gasteiger partial charge in [-0.3, -0.25) is 33.1 Å². The number of nitrogens with zero attached hydrogens (tertiary/aromatic N) is 6. The van der Waals surface area contributed by atoms with Crippen LogP contribution in [0.15, 0.2) is 95.0 Å². The molecular formula is C40H32Cl2F2N12O5. The lowest BCUT2D eigenvalue weighted by atomic mass is 10.0. The number of aromatic nitrogens is 6. The Hall–Kier alpha value is -7.25. The second-order valence-electron chi connectivity index (χ2n) is 14.5. The van der Waals surface area contributed by atoms with E-state index in [1.165, 1.54) is 82.5 Å². The van der Waals surface area contributed by atoms with Gasteiger partial charge in [0.25, 0.3) is 22.9 Å². The third-order valence-electron chi connectivity index (χ3n) is 10.2. The number of pyridine rings is 2. The SMILES string of the molecule is CC1(c2cccc(F)c2)NC(=O)c2c(Cl)cc(Nc3cc(N)ncn3)c(=O)n21.CC1(c2cccc(F)c2)NC(=O)c2c(Cl)cc(Nc3cc(NC(=O)C4CC4)ncn3)c(=O)n21. The molecular weight excluding hydrogens is 837 g/mol. The quantitative estimate of drug-likeness (QED) is 0.116. The summed E-state index contributed by atoms with van der Waals surface area (Å²) in [5.41, 5.74) is 2.69. The first-order valence-corrected chi connectivity index (χ1v) is 19.1. The molecule has 0 saturated heterocycles. The summed E-state index contributed by atoms with van der Waals surface area (Å²) in [7, 11) is 0. The summed E-state index contributed by atoms with van der Waals surface area (Å²) in [4.78, 5) is 79.7. The van der Waals surface area contributed by atoms with E-state index in [0.717, 1.165) is 12.8 Å². The average Bonchev–Trinajstić information content (AvgIpc) is 3.97. The minimum absolute atomic E-state index is 0.00192. The van der Waals surface area contributed by atoms with E-state index in [2.05, 4.69) is 46.5 Å². The number of nitrogen functional groups attached to an aromatic ring is 1. The van der Waals surface area contributed by atoms with Crippen LogP contribution in [0.3, 0.4) is 0 Å². The van der Waals surface area contributed by atoms with E-state index >= 15 is 0 Å². The Morgan fingerprint density at radius 3 is 1.62 bits per heavy atom. The lowest BCUT2D eigenvalue weighted by molar-refractivity contribution is -0.117. The van der Waals surface area contributed by atoms with Gasteiger partial charge in [0.2, 0.25) is 5.91 Å². The summed E-state index contributed by atoms with van der Waals surface area (Å²) < 4.78 is 30.1. The predicted octanol–water partition coefficient (Wildman–Crippen LogP) is 5.21. The van der Waals surface area contributed by atoms with E-state index < -0.39 is 45.9 Å². The fourth-order valence-electron chi connectivity index (χ4n) is 7.07. The zero-order chi connectivity index (χ0) is 43.4. The molecule has 4 aromatic heterocycles. The largest absolute Gasteiger partial charge is 0.384 e. The molecule has 310 valence electrons. The van der Waals surface area contributed by atoms with Crippen LogP contribution in [0.2, 0.25) is 10.0 Å². The van der Waals surface area contributed by atoms with Gasteiger partial charge < -0.3 is 32.3 Å². The molecule has 17 nitrogen and oxygen atoms in total. The van der Waals surface area contributed by atoms with Crippen LogP contribution in [0, 0.1) is 17.6 Å². The van der Waals surface area contributed by atoms with Crippen LogP contribution in [-0.4, -0.2) is 46.8 Å². The number of rotatable bonds is 8. The highest BCUT2D eigenvalue weighted by Gasteiger charge is 2.44. The van der Waals surface area contributed by atoms with Gasteiger partial charge in [-0.2, -0.15) is 0 Å². The number of hydrogen-bond acceptors (Lipinski definition) is 12. The Morgan fingerprint density at radius 1 is 0.705 bits per heavy atom. The first-order valence-electron chi connectivity index (χ1n) is 18.4. The van der Waals surface area contributed by atoms with Crippen LogP contribution in [-0.2, 0) is 16.1 Å². The molecule has 2 atom stereocenters. The van der Waals surface area contributed by atoms with Crippen molar-refractivity contribution in [1.29, 1.82) is 0 Å². The monoisotopic (exact) mass is 868 g/mol. The van der Waals surface area contributed by atoms with Crippen molar-refractivity contribution >= 4 is 75.6 Å². The highest BCUT2D eigenvalue weighted by Crippen LogP contribution is 2.36. The van der Waals surface area contributed by atoms with Crippen molar-refractivity contribution in [3.05, 3.63) is 150 Å². The Morgan fingerprint density at radius 2 is 1.16 bits per heavy atom. The fraction of sp³-hybridized carbons (Fsp3) is 0.175. The third-order valence-corrected chi connectivity index (χ3v) is 10.8. The minimum Gasteiger partial charge on any atom is -0.384 e. The summed E-state index contributed by atoms with van der Waals surface area (Å²) in [6.07, 6.45) is 4.19. The van der Waals surface area contributed by atoms with E-state index in [-0.39, 0.29) is 62.1 Å². The van der Waals surface area contributed by atoms with Crippen molar-refractivity contribution in [2.75, 3.05) is 21.7 Å². The number of nitrogens with two attached hydrogens (primary N) is 1. The molecule has 3 aliphatic rings. The normalized spacial score (nSPS) is 18.5. The first kappa shape index (κ1) is 40.5. The third kappa shape index (κ3) is 7.59. The molecule has 6 aromatic rings. The van der Waals surface area contributed by atoms with Crippen LogP contribution in [0.5, 0.6) is 0 Å². The first-order chi connectivity index (χ1) is 29.0. The zero-order valence-electron chi connectivity index (χ0n) is 31.9. The zero-order valence-corrected chi connectivity index (χ0v) is 33.4. The molecule has 3 amide bonds. The molecule has 61 heavy (non-hydrogen) atoms. The van der Waals surface area contributed by atoms with Crippen molar-refractivity contribution in [2.45, 2.75) is 38.0 Å². The topological polar surface area (TPSA) is 233 Å². The van der Waals surface area contributed by atoms with E-state index in [1.54, 1.807) is 26.0 Å². The lowest BCUT2D eigenvalue weighted by Gasteiger charge is -2.28. The molecule has 6 heterocycles. The van der Waals surface area contributed by atoms with Crippen LogP contribution < -0.4 is 43.4 Å². The molecule has 1 saturated carbocycles. The Kier molecular flexibility index (Phi) is 10.2. The summed E-state index contributed by atoms with van der Waals surface area (Å²) in [5, 5.41) is 14.0. The van der Waals surface area contributed by atoms with Crippen molar-refractivity contribution in [2.24, 2.45) is 5.92 Å². The summed E-state index contributed by atoms with van der Waals surface area (Å²) in [5.74, 6) is -1.17. The predicted molar refractivity (Wildman–Crippen MR) is 221 cm³/mol. The van der Waals surface area contributed by atoms with Gasteiger partial charge in [-0.15, -0.1) is 0 Å². The van der Waals surface area contributed by atoms with Crippen molar-refractivity contribution in [1.82, 2.24) is 39.7 Å². The molecule has 2 aromatic carbocycles. The van der Waals surface area contributed by atoms with Gasteiger partial charge >= 0.3 is 0 Å². The Labute approximate surface area is 353 Å². The van der Waals surface area contributed by atoms with Crippen LogP contribution in [0.1, 0.15) is 58.8 Å². The van der Waals surface area contributed by atoms with Gasteiger partial charge in [-0.05, 0) is 63.1 Å². The lowest BCUT2D eigenvalue weighted by Crippen LogP contribution is -2.46. The number of halogens is 4. The molecule has 0 spiro atoms. The van der Waals surface area contributed by atoms with Gasteiger partial charge in [0.05, 0.1) is 10.0 Å². The maximum Gasteiger partial charge on any atom is 0.277 e. The molecule has 1 aliphatic carbocycles. The number of hydrogen-bond donors (Lipinski definition) is 6. The highest BCUT2D eigenvalue weighted by molar-refractivity contribution is 6.34. The maximum absolute atomic E-state index is 13.9. The number of benzene rings is 2. The van der Waals surface area contributed by atoms with Gasteiger partial charge in [-0.25, -0.2) is 28.7 Å². The van der Waals surface area contributed by atoms with E-state index in [0.29, 0.717) is 16.9 Å². The highest BCUT2D eigenvalue weighted by atomic mass is 35.5. The number of anilines is 6. The van der Waals surface area contributed by atoms with Crippen molar-refractivity contribution < 1.29 is 23.2 Å². The second kappa shape index (κ2) is 15.4. The summed E-state index contributed by atoms with van der Waals surface area (Å²) in [6.45, 7) is 3.19. The summed E-state index contributed by atoms with van der Waals surface area (Å²) >= 11 is 12.7. The van der Waals surface area contributed by atoms with Crippen molar-refractivity contribution in [3.63, 3.8) is 0 Å². The molecule has 21 heteroatoms. The smallest absolute Gasteiger partial charge is 0.277 e. The van der Waals surface area contributed by atoms with E-state index in [9.17, 15) is 32.8 Å². The number of carbonyl (C=O) groups is 3. The van der Waals surface area contributed by atoms with Crippen molar-refractivity contribution in [3.8, 4) is 0 Å². The minimum atomic E-state index is -1.36.